The smallest absolute Gasteiger partial charge is 0.228 e. The minimum Gasteiger partial charge on any atom is -0.388 e. The number of amides is 1. The first-order chi connectivity index (χ1) is 8.52. The molecular weight excluding hydrogens is 234 g/mol. The number of carbonyl (C=O) groups is 1. The molecule has 0 aromatic heterocycles. The van der Waals surface area contributed by atoms with Crippen molar-refractivity contribution >= 4 is 5.91 Å². The lowest BCUT2D eigenvalue weighted by molar-refractivity contribution is -0.142. The lowest BCUT2D eigenvalue weighted by Crippen LogP contribution is -2.49. The van der Waals surface area contributed by atoms with Crippen molar-refractivity contribution < 1.29 is 19.4 Å². The summed E-state index contributed by atoms with van der Waals surface area (Å²) in [6, 6.07) is 0. The Bertz CT molecular complexity index is 301. The molecule has 1 amide bonds. The van der Waals surface area contributed by atoms with Crippen molar-refractivity contribution in [3.63, 3.8) is 0 Å². The van der Waals surface area contributed by atoms with Crippen LogP contribution >= 0.6 is 0 Å². The van der Waals surface area contributed by atoms with Gasteiger partial charge < -0.3 is 19.5 Å². The fourth-order valence-electron chi connectivity index (χ4n) is 2.77. The highest BCUT2D eigenvalue weighted by molar-refractivity contribution is 5.79. The summed E-state index contributed by atoms with van der Waals surface area (Å²) >= 11 is 0. The first-order valence-corrected chi connectivity index (χ1v) is 6.68. The van der Waals surface area contributed by atoms with Crippen LogP contribution in [-0.2, 0) is 14.3 Å². The van der Waals surface area contributed by atoms with Crippen molar-refractivity contribution in [3.8, 4) is 0 Å². The van der Waals surface area contributed by atoms with Crippen LogP contribution in [0.3, 0.4) is 0 Å². The van der Waals surface area contributed by atoms with E-state index in [-0.39, 0.29) is 17.9 Å². The summed E-state index contributed by atoms with van der Waals surface area (Å²) in [7, 11) is 1.76. The molecule has 0 aromatic carbocycles. The number of likely N-dealkylation sites (N-methyl/N-ethyl adjacent to an activating group) is 1. The van der Waals surface area contributed by atoms with Crippen molar-refractivity contribution in [2.24, 2.45) is 5.92 Å². The van der Waals surface area contributed by atoms with E-state index in [0.29, 0.717) is 39.2 Å². The Morgan fingerprint density at radius 3 is 2.61 bits per heavy atom. The SMILES string of the molecule is CC1OCCC1C(=O)N(C)CC1(O)CCOCC1. The summed E-state index contributed by atoms with van der Waals surface area (Å²) in [5, 5.41) is 10.4. The van der Waals surface area contributed by atoms with Gasteiger partial charge in [-0.3, -0.25) is 4.79 Å². The van der Waals surface area contributed by atoms with Crippen LogP contribution in [0.25, 0.3) is 0 Å². The third-order valence-corrected chi connectivity index (χ3v) is 4.02. The van der Waals surface area contributed by atoms with Gasteiger partial charge in [0, 0.05) is 46.3 Å². The molecule has 18 heavy (non-hydrogen) atoms. The van der Waals surface area contributed by atoms with Crippen molar-refractivity contribution in [1.82, 2.24) is 4.90 Å². The normalized spacial score (nSPS) is 31.3. The number of hydrogen-bond acceptors (Lipinski definition) is 4. The van der Waals surface area contributed by atoms with Gasteiger partial charge >= 0.3 is 0 Å². The minimum atomic E-state index is -0.786. The summed E-state index contributed by atoms with van der Waals surface area (Å²) in [5.74, 6) is 0.0263. The monoisotopic (exact) mass is 257 g/mol. The predicted octanol–water partition coefficient (Wildman–Crippen LogP) is 0.411. The van der Waals surface area contributed by atoms with Crippen molar-refractivity contribution in [2.45, 2.75) is 37.9 Å². The third kappa shape index (κ3) is 3.02. The maximum Gasteiger partial charge on any atom is 0.228 e. The number of rotatable bonds is 3. The van der Waals surface area contributed by atoms with Crippen LogP contribution in [0.1, 0.15) is 26.2 Å². The van der Waals surface area contributed by atoms with Gasteiger partial charge in [-0.25, -0.2) is 0 Å². The Morgan fingerprint density at radius 1 is 1.39 bits per heavy atom. The summed E-state index contributed by atoms with van der Waals surface area (Å²) < 4.78 is 10.7. The van der Waals surface area contributed by atoms with E-state index >= 15 is 0 Å². The van der Waals surface area contributed by atoms with Crippen LogP contribution in [0.2, 0.25) is 0 Å². The molecular formula is C13H23NO4. The number of aliphatic hydroxyl groups is 1. The molecule has 0 saturated carbocycles. The highest BCUT2D eigenvalue weighted by Gasteiger charge is 2.37. The Morgan fingerprint density at radius 2 is 2.06 bits per heavy atom. The molecule has 2 fully saturated rings. The molecule has 0 radical (unpaired) electrons. The minimum absolute atomic E-state index is 0.00992. The van der Waals surface area contributed by atoms with Gasteiger partial charge in [0.15, 0.2) is 0 Å². The quantitative estimate of drug-likeness (QED) is 0.795. The fourth-order valence-corrected chi connectivity index (χ4v) is 2.77. The lowest BCUT2D eigenvalue weighted by atomic mass is 9.93. The maximum atomic E-state index is 12.3. The second-order valence-corrected chi connectivity index (χ2v) is 5.50. The summed E-state index contributed by atoms with van der Waals surface area (Å²) in [6.45, 7) is 4.12. The van der Waals surface area contributed by atoms with Gasteiger partial charge in [-0.15, -0.1) is 0 Å². The molecule has 104 valence electrons. The molecule has 2 rings (SSSR count). The van der Waals surface area contributed by atoms with Gasteiger partial charge in [-0.05, 0) is 13.3 Å². The molecule has 2 aliphatic heterocycles. The molecule has 2 saturated heterocycles. The Hall–Kier alpha value is -0.650. The zero-order chi connectivity index (χ0) is 13.2. The number of hydrogen-bond donors (Lipinski definition) is 1. The Labute approximate surface area is 108 Å². The van der Waals surface area contributed by atoms with Gasteiger partial charge in [0.1, 0.15) is 0 Å². The Balaban J connectivity index is 1.90. The number of carbonyl (C=O) groups excluding carboxylic acids is 1. The van der Waals surface area contributed by atoms with Crippen molar-refractivity contribution in [3.05, 3.63) is 0 Å². The van der Waals surface area contributed by atoms with Crippen molar-refractivity contribution in [2.75, 3.05) is 33.4 Å². The van der Waals surface area contributed by atoms with E-state index in [1.165, 1.54) is 0 Å². The van der Waals surface area contributed by atoms with E-state index in [0.717, 1.165) is 6.42 Å². The zero-order valence-electron chi connectivity index (χ0n) is 11.2. The van der Waals surface area contributed by atoms with E-state index in [2.05, 4.69) is 0 Å². The van der Waals surface area contributed by atoms with Crippen LogP contribution in [0.4, 0.5) is 0 Å². The number of nitrogens with zero attached hydrogens (tertiary/aromatic N) is 1. The molecule has 0 bridgehead atoms. The Kier molecular flexibility index (Phi) is 4.25. The molecule has 0 aliphatic carbocycles. The fraction of sp³-hybridized carbons (Fsp3) is 0.923. The van der Waals surface area contributed by atoms with Crippen molar-refractivity contribution in [1.29, 1.82) is 0 Å². The van der Waals surface area contributed by atoms with Gasteiger partial charge in [0.25, 0.3) is 0 Å². The van der Waals surface area contributed by atoms with E-state index in [1.54, 1.807) is 11.9 Å². The molecule has 0 spiro atoms. The van der Waals surface area contributed by atoms with E-state index in [1.807, 2.05) is 6.92 Å². The third-order valence-electron chi connectivity index (χ3n) is 4.02. The zero-order valence-corrected chi connectivity index (χ0v) is 11.2. The van der Waals surface area contributed by atoms with Gasteiger partial charge in [0.05, 0.1) is 17.6 Å². The van der Waals surface area contributed by atoms with Gasteiger partial charge in [0.2, 0.25) is 5.91 Å². The molecule has 2 unspecified atom stereocenters. The molecule has 2 heterocycles. The predicted molar refractivity (Wildman–Crippen MR) is 66.2 cm³/mol. The standard InChI is InChI=1S/C13H23NO4/c1-10-11(3-6-18-10)12(15)14(2)9-13(16)4-7-17-8-5-13/h10-11,16H,3-9H2,1-2H3. The average Bonchev–Trinajstić information content (AvgIpc) is 2.74. The summed E-state index contributed by atoms with van der Waals surface area (Å²) in [6.07, 6.45) is 1.97. The second-order valence-electron chi connectivity index (χ2n) is 5.50. The molecule has 2 aliphatic rings. The highest BCUT2D eigenvalue weighted by atomic mass is 16.5. The van der Waals surface area contributed by atoms with Crippen LogP contribution in [0.5, 0.6) is 0 Å². The van der Waals surface area contributed by atoms with Crippen LogP contribution in [-0.4, -0.2) is 61.0 Å². The topological polar surface area (TPSA) is 59.0 Å². The van der Waals surface area contributed by atoms with Crippen LogP contribution in [0.15, 0.2) is 0 Å². The largest absolute Gasteiger partial charge is 0.388 e. The maximum absolute atomic E-state index is 12.3. The molecule has 5 heteroatoms. The second kappa shape index (κ2) is 5.55. The van der Waals surface area contributed by atoms with E-state index in [4.69, 9.17) is 9.47 Å². The van der Waals surface area contributed by atoms with Gasteiger partial charge in [-0.2, -0.15) is 0 Å². The summed E-state index contributed by atoms with van der Waals surface area (Å²) in [5.41, 5.74) is -0.786. The molecule has 2 atom stereocenters. The molecule has 0 aromatic rings. The highest BCUT2D eigenvalue weighted by Crippen LogP contribution is 2.25. The van der Waals surface area contributed by atoms with E-state index < -0.39 is 5.60 Å². The summed E-state index contributed by atoms with van der Waals surface area (Å²) in [4.78, 5) is 13.9. The first kappa shape index (κ1) is 13.8. The number of ether oxygens (including phenoxy) is 2. The average molecular weight is 257 g/mol. The van der Waals surface area contributed by atoms with E-state index in [9.17, 15) is 9.90 Å². The van der Waals surface area contributed by atoms with Crippen LogP contribution < -0.4 is 0 Å². The first-order valence-electron chi connectivity index (χ1n) is 6.68. The van der Waals surface area contributed by atoms with Crippen LogP contribution in [0, 0.1) is 5.92 Å². The molecule has 1 N–H and O–H groups in total. The molecule has 5 nitrogen and oxygen atoms in total. The lowest BCUT2D eigenvalue weighted by Gasteiger charge is -2.36. The van der Waals surface area contributed by atoms with Gasteiger partial charge in [-0.1, -0.05) is 0 Å².